The fraction of sp³-hybridized carbons (Fsp3) is 0.316. The Hall–Kier alpha value is -2.67. The molecule has 0 unspecified atom stereocenters. The van der Waals surface area contributed by atoms with Crippen molar-refractivity contribution in [2.75, 3.05) is 6.61 Å². The van der Waals surface area contributed by atoms with Crippen LogP contribution in [0.5, 0.6) is 0 Å². The largest absolute Gasteiger partial charge is 0.467 e. The maximum Gasteiger partial charge on any atom is 0.350 e. The summed E-state index contributed by atoms with van der Waals surface area (Å²) >= 11 is 1.27. The molecule has 0 fully saturated rings. The number of ketones is 1. The number of carbonyl (C=O) groups excluding carboxylic acids is 2. The van der Waals surface area contributed by atoms with Crippen molar-refractivity contribution in [3.05, 3.63) is 62.8 Å². The number of nitrogens with zero attached hydrogens (tertiary/aromatic N) is 2. The maximum atomic E-state index is 12.5. The van der Waals surface area contributed by atoms with Gasteiger partial charge >= 0.3 is 5.97 Å². The zero-order valence-corrected chi connectivity index (χ0v) is 16.0. The van der Waals surface area contributed by atoms with Crippen molar-refractivity contribution in [1.82, 2.24) is 9.55 Å². The lowest BCUT2D eigenvalue weighted by Crippen LogP contribution is -2.15. The molecule has 7 heteroatoms. The van der Waals surface area contributed by atoms with Crippen LogP contribution < -0.4 is 0 Å². The summed E-state index contributed by atoms with van der Waals surface area (Å²) in [6.45, 7) is 7.65. The van der Waals surface area contributed by atoms with Crippen molar-refractivity contribution in [3.63, 3.8) is 0 Å². The summed E-state index contributed by atoms with van der Waals surface area (Å²) in [5.41, 5.74) is 2.95. The third-order valence-electron chi connectivity index (χ3n) is 4.19. The van der Waals surface area contributed by atoms with Crippen LogP contribution in [0.3, 0.4) is 0 Å². The highest BCUT2D eigenvalue weighted by Gasteiger charge is 2.20. The van der Waals surface area contributed by atoms with E-state index in [1.54, 1.807) is 13.2 Å². The molecule has 0 amide bonds. The van der Waals surface area contributed by atoms with E-state index in [1.807, 2.05) is 43.5 Å². The first-order valence-electron chi connectivity index (χ1n) is 8.20. The van der Waals surface area contributed by atoms with E-state index in [0.717, 1.165) is 22.2 Å². The highest BCUT2D eigenvalue weighted by Crippen LogP contribution is 2.20. The minimum atomic E-state index is -0.508. The van der Waals surface area contributed by atoms with Gasteiger partial charge in [0.1, 0.15) is 10.6 Å². The quantitative estimate of drug-likeness (QED) is 0.485. The summed E-state index contributed by atoms with van der Waals surface area (Å²) in [7, 11) is 0. The standard InChI is InChI=1S/C19H20N2O4S/c1-11-8-16(13(3)21(11)9-15-6-5-7-24-15)17(22)10-25-19(23)18-12(2)20-14(4)26-18/h5-8H,9-10H2,1-4H3. The zero-order valence-electron chi connectivity index (χ0n) is 15.2. The van der Waals surface area contributed by atoms with E-state index >= 15 is 0 Å². The fourth-order valence-electron chi connectivity index (χ4n) is 2.88. The van der Waals surface area contributed by atoms with Crippen LogP contribution in [0.25, 0.3) is 0 Å². The lowest BCUT2D eigenvalue weighted by atomic mass is 10.1. The number of esters is 1. The van der Waals surface area contributed by atoms with E-state index < -0.39 is 5.97 Å². The first kappa shape index (κ1) is 18.1. The van der Waals surface area contributed by atoms with Gasteiger partial charge in [-0.2, -0.15) is 0 Å². The molecule has 26 heavy (non-hydrogen) atoms. The van der Waals surface area contributed by atoms with Crippen molar-refractivity contribution in [2.24, 2.45) is 0 Å². The molecule has 3 heterocycles. The maximum absolute atomic E-state index is 12.5. The fourth-order valence-corrected chi connectivity index (χ4v) is 3.69. The average molecular weight is 372 g/mol. The molecule has 0 saturated carbocycles. The van der Waals surface area contributed by atoms with Gasteiger partial charge in [-0.05, 0) is 45.9 Å². The molecule has 3 rings (SSSR count). The second-order valence-electron chi connectivity index (χ2n) is 6.10. The van der Waals surface area contributed by atoms with Gasteiger partial charge in [-0.25, -0.2) is 9.78 Å². The van der Waals surface area contributed by atoms with E-state index in [1.165, 1.54) is 11.3 Å². The normalized spacial score (nSPS) is 10.9. The molecule has 0 bridgehead atoms. The van der Waals surface area contributed by atoms with Gasteiger partial charge in [0.15, 0.2) is 6.61 Å². The molecule has 6 nitrogen and oxygen atoms in total. The zero-order chi connectivity index (χ0) is 18.8. The Bertz CT molecular complexity index is 951. The first-order valence-corrected chi connectivity index (χ1v) is 9.02. The van der Waals surface area contributed by atoms with Crippen molar-refractivity contribution >= 4 is 23.1 Å². The number of aryl methyl sites for hydroxylation is 3. The minimum Gasteiger partial charge on any atom is -0.467 e. The third-order valence-corrected chi connectivity index (χ3v) is 5.24. The number of ether oxygens (including phenoxy) is 1. The van der Waals surface area contributed by atoms with Gasteiger partial charge in [0, 0.05) is 17.0 Å². The number of furan rings is 1. The number of rotatable bonds is 6. The highest BCUT2D eigenvalue weighted by atomic mass is 32.1. The average Bonchev–Trinajstić information content (AvgIpc) is 3.29. The van der Waals surface area contributed by atoms with Gasteiger partial charge in [-0.3, -0.25) is 4.79 Å². The third kappa shape index (κ3) is 3.62. The van der Waals surface area contributed by atoms with Gasteiger partial charge in [0.25, 0.3) is 0 Å². The molecule has 3 aromatic rings. The van der Waals surface area contributed by atoms with Crippen LogP contribution in [0.2, 0.25) is 0 Å². The van der Waals surface area contributed by atoms with E-state index in [4.69, 9.17) is 9.15 Å². The lowest BCUT2D eigenvalue weighted by Gasteiger charge is -2.08. The smallest absolute Gasteiger partial charge is 0.350 e. The minimum absolute atomic E-state index is 0.226. The molecule has 0 atom stereocenters. The van der Waals surface area contributed by atoms with Crippen LogP contribution in [-0.4, -0.2) is 27.9 Å². The Labute approximate surface area is 155 Å². The van der Waals surface area contributed by atoms with Crippen LogP contribution in [0.15, 0.2) is 28.9 Å². The van der Waals surface area contributed by atoms with Crippen molar-refractivity contribution in [3.8, 4) is 0 Å². The first-order chi connectivity index (χ1) is 12.4. The summed E-state index contributed by atoms with van der Waals surface area (Å²) in [5, 5.41) is 0.794. The predicted molar refractivity (Wildman–Crippen MR) is 97.9 cm³/mol. The molecule has 0 spiro atoms. The molecule has 0 aliphatic heterocycles. The second-order valence-corrected chi connectivity index (χ2v) is 7.30. The Morgan fingerprint density at radius 3 is 2.65 bits per heavy atom. The highest BCUT2D eigenvalue weighted by molar-refractivity contribution is 7.13. The second kappa shape index (κ2) is 7.29. The summed E-state index contributed by atoms with van der Waals surface area (Å²) < 4.78 is 12.6. The number of Topliss-reactive ketones (excluding diaryl/α,β-unsaturated/α-hetero) is 1. The van der Waals surface area contributed by atoms with Gasteiger partial charge < -0.3 is 13.7 Å². The summed E-state index contributed by atoms with van der Waals surface area (Å²) in [6.07, 6.45) is 1.62. The molecule has 136 valence electrons. The van der Waals surface area contributed by atoms with Crippen LogP contribution in [0.1, 0.15) is 47.9 Å². The summed E-state index contributed by atoms with van der Waals surface area (Å²) in [4.78, 5) is 29.3. The molecular weight excluding hydrogens is 352 g/mol. The molecule has 0 saturated heterocycles. The van der Waals surface area contributed by atoms with Crippen LogP contribution >= 0.6 is 11.3 Å². The Morgan fingerprint density at radius 2 is 2.04 bits per heavy atom. The Morgan fingerprint density at radius 1 is 1.27 bits per heavy atom. The van der Waals surface area contributed by atoms with E-state index in [0.29, 0.717) is 22.7 Å². The van der Waals surface area contributed by atoms with Gasteiger partial charge in [0.2, 0.25) is 5.78 Å². The SMILES string of the molecule is Cc1nc(C)c(C(=O)OCC(=O)c2cc(C)n(Cc3ccco3)c2C)s1. The molecule has 3 aromatic heterocycles. The number of hydrogen-bond donors (Lipinski definition) is 0. The number of aromatic nitrogens is 2. The monoisotopic (exact) mass is 372 g/mol. The number of carbonyl (C=O) groups is 2. The molecule has 0 aliphatic carbocycles. The Balaban J connectivity index is 1.70. The van der Waals surface area contributed by atoms with Crippen molar-refractivity contribution in [2.45, 2.75) is 34.2 Å². The van der Waals surface area contributed by atoms with E-state index in [-0.39, 0.29) is 12.4 Å². The molecule has 0 N–H and O–H groups in total. The van der Waals surface area contributed by atoms with Gasteiger partial charge in [-0.1, -0.05) is 0 Å². The molecular formula is C19H20N2O4S. The molecule has 0 aromatic carbocycles. The lowest BCUT2D eigenvalue weighted by molar-refractivity contribution is 0.0478. The van der Waals surface area contributed by atoms with E-state index in [2.05, 4.69) is 4.98 Å². The Kier molecular flexibility index (Phi) is 5.08. The van der Waals surface area contributed by atoms with Crippen molar-refractivity contribution in [1.29, 1.82) is 0 Å². The number of thiazole rings is 1. The summed E-state index contributed by atoms with van der Waals surface area (Å²) in [5.74, 6) is 0.0788. The topological polar surface area (TPSA) is 74.3 Å². The molecule has 0 aliphatic rings. The summed E-state index contributed by atoms with van der Waals surface area (Å²) in [6, 6.07) is 5.54. The predicted octanol–water partition coefficient (Wildman–Crippen LogP) is 3.86. The molecule has 0 radical (unpaired) electrons. The van der Waals surface area contributed by atoms with Gasteiger partial charge in [0.05, 0.1) is 23.5 Å². The van der Waals surface area contributed by atoms with Crippen LogP contribution in [0, 0.1) is 27.7 Å². The van der Waals surface area contributed by atoms with E-state index in [9.17, 15) is 9.59 Å². The van der Waals surface area contributed by atoms with Crippen molar-refractivity contribution < 1.29 is 18.7 Å². The van der Waals surface area contributed by atoms with Crippen LogP contribution in [0.4, 0.5) is 0 Å². The van der Waals surface area contributed by atoms with Gasteiger partial charge in [-0.15, -0.1) is 11.3 Å². The number of hydrogen-bond acceptors (Lipinski definition) is 6. The van der Waals surface area contributed by atoms with Crippen LogP contribution in [-0.2, 0) is 11.3 Å².